The number of nitrogens with zero attached hydrogens (tertiary/aromatic N) is 1. The van der Waals surface area contributed by atoms with Gasteiger partial charge in [-0.05, 0) is 17.7 Å². The van der Waals surface area contributed by atoms with Crippen LogP contribution in [0.25, 0.3) is 0 Å². The first-order chi connectivity index (χ1) is 9.75. The molecule has 0 bridgehead atoms. The second-order valence-corrected chi connectivity index (χ2v) is 3.98. The number of carbonyl (C=O) groups is 2. The molecule has 0 aliphatic rings. The number of benzene rings is 1. The number of amides is 3. The number of hydrazine groups is 1. The third-order valence-corrected chi connectivity index (χ3v) is 2.53. The Morgan fingerprint density at radius 1 is 0.950 bits per heavy atom. The van der Waals surface area contributed by atoms with Crippen LogP contribution in [0.2, 0.25) is 0 Å². The molecule has 1 aromatic carbocycles. The van der Waals surface area contributed by atoms with Gasteiger partial charge in [0, 0.05) is 24.5 Å². The summed E-state index contributed by atoms with van der Waals surface area (Å²) in [6.07, 6.45) is 3.01. The topological polar surface area (TPSA) is 83.1 Å². The molecule has 0 aliphatic heterocycles. The Morgan fingerprint density at radius 2 is 1.65 bits per heavy atom. The number of pyridine rings is 1. The monoisotopic (exact) mass is 270 g/mol. The van der Waals surface area contributed by atoms with Gasteiger partial charge in [0.25, 0.3) is 5.91 Å². The normalized spacial score (nSPS) is 9.60. The maximum atomic E-state index is 11.6. The van der Waals surface area contributed by atoms with Crippen LogP contribution in [0, 0.1) is 0 Å². The molecule has 2 aromatic rings. The summed E-state index contributed by atoms with van der Waals surface area (Å²) in [6, 6.07) is 12.1. The quantitative estimate of drug-likeness (QED) is 0.733. The van der Waals surface area contributed by atoms with Crippen LogP contribution in [-0.4, -0.2) is 16.9 Å². The van der Waals surface area contributed by atoms with E-state index in [-0.39, 0.29) is 0 Å². The maximum Gasteiger partial charge on any atom is 0.333 e. The first kappa shape index (κ1) is 13.5. The minimum Gasteiger partial charge on any atom is -0.333 e. The molecule has 1 heterocycles. The molecular formula is C14H14N4O2. The number of carbonyl (C=O) groups excluding carboxylic acids is 2. The van der Waals surface area contributed by atoms with Gasteiger partial charge in [-0.1, -0.05) is 30.3 Å². The Labute approximate surface area is 116 Å². The van der Waals surface area contributed by atoms with Crippen molar-refractivity contribution in [3.05, 3.63) is 66.0 Å². The highest BCUT2D eigenvalue weighted by molar-refractivity contribution is 5.95. The van der Waals surface area contributed by atoms with Crippen molar-refractivity contribution in [2.24, 2.45) is 0 Å². The fourth-order valence-corrected chi connectivity index (χ4v) is 1.51. The van der Waals surface area contributed by atoms with Crippen molar-refractivity contribution < 1.29 is 9.59 Å². The number of nitrogens with one attached hydrogen (secondary N) is 3. The van der Waals surface area contributed by atoms with E-state index in [9.17, 15) is 9.59 Å². The number of aromatic nitrogens is 1. The van der Waals surface area contributed by atoms with Crippen LogP contribution in [0.1, 0.15) is 15.9 Å². The molecule has 0 saturated carbocycles. The molecule has 3 N–H and O–H groups in total. The largest absolute Gasteiger partial charge is 0.333 e. The number of rotatable bonds is 3. The first-order valence-electron chi connectivity index (χ1n) is 6.04. The fraction of sp³-hybridized carbons (Fsp3) is 0.0714. The van der Waals surface area contributed by atoms with Crippen molar-refractivity contribution in [2.45, 2.75) is 6.54 Å². The summed E-state index contributed by atoms with van der Waals surface area (Å²) in [5, 5.41) is 2.63. The second kappa shape index (κ2) is 6.89. The highest BCUT2D eigenvalue weighted by Gasteiger charge is 2.06. The predicted molar refractivity (Wildman–Crippen MR) is 73.5 cm³/mol. The summed E-state index contributed by atoms with van der Waals surface area (Å²) in [4.78, 5) is 27.0. The minimum absolute atomic E-state index is 0.387. The van der Waals surface area contributed by atoms with E-state index < -0.39 is 11.9 Å². The summed E-state index contributed by atoms with van der Waals surface area (Å²) < 4.78 is 0. The van der Waals surface area contributed by atoms with Gasteiger partial charge in [0.05, 0.1) is 0 Å². The number of hydrogen-bond acceptors (Lipinski definition) is 3. The van der Waals surface area contributed by atoms with Gasteiger partial charge in [0.1, 0.15) is 0 Å². The van der Waals surface area contributed by atoms with Crippen molar-refractivity contribution in [3.63, 3.8) is 0 Å². The summed E-state index contributed by atoms with van der Waals surface area (Å²) >= 11 is 0. The van der Waals surface area contributed by atoms with Crippen LogP contribution in [-0.2, 0) is 6.54 Å². The van der Waals surface area contributed by atoms with E-state index in [1.165, 1.54) is 12.4 Å². The van der Waals surface area contributed by atoms with E-state index in [1.807, 2.05) is 30.3 Å². The zero-order valence-corrected chi connectivity index (χ0v) is 10.7. The van der Waals surface area contributed by atoms with Gasteiger partial charge in [-0.3, -0.25) is 15.2 Å². The molecule has 0 unspecified atom stereocenters. The first-order valence-corrected chi connectivity index (χ1v) is 6.04. The van der Waals surface area contributed by atoms with Gasteiger partial charge >= 0.3 is 6.03 Å². The molecule has 0 spiro atoms. The molecule has 1 aromatic heterocycles. The van der Waals surface area contributed by atoms with E-state index in [0.29, 0.717) is 12.1 Å². The molecule has 3 amide bonds. The van der Waals surface area contributed by atoms with Crippen molar-refractivity contribution >= 4 is 11.9 Å². The Morgan fingerprint density at radius 3 is 2.35 bits per heavy atom. The zero-order valence-electron chi connectivity index (χ0n) is 10.7. The Kier molecular flexibility index (Phi) is 4.66. The molecule has 6 nitrogen and oxygen atoms in total. The summed E-state index contributed by atoms with van der Waals surface area (Å²) in [6.45, 7) is 0.387. The molecule has 0 fully saturated rings. The van der Waals surface area contributed by atoms with E-state index in [4.69, 9.17) is 0 Å². The molecule has 0 atom stereocenters. The van der Waals surface area contributed by atoms with Crippen LogP contribution in [0.3, 0.4) is 0 Å². The number of hydrogen-bond donors (Lipinski definition) is 3. The van der Waals surface area contributed by atoms with Gasteiger partial charge < -0.3 is 5.32 Å². The van der Waals surface area contributed by atoms with E-state index in [2.05, 4.69) is 21.2 Å². The lowest BCUT2D eigenvalue weighted by atomic mass is 10.2. The third kappa shape index (κ3) is 4.09. The third-order valence-electron chi connectivity index (χ3n) is 2.53. The van der Waals surface area contributed by atoms with Crippen LogP contribution < -0.4 is 16.2 Å². The lowest BCUT2D eigenvalue weighted by molar-refractivity contribution is 0.0936. The molecule has 0 aliphatic carbocycles. The second-order valence-electron chi connectivity index (χ2n) is 3.98. The number of urea groups is 1. The van der Waals surface area contributed by atoms with E-state index >= 15 is 0 Å². The summed E-state index contributed by atoms with van der Waals surface area (Å²) in [7, 11) is 0. The molecule has 0 saturated heterocycles. The van der Waals surface area contributed by atoms with Gasteiger partial charge in [-0.2, -0.15) is 0 Å². The van der Waals surface area contributed by atoms with Gasteiger partial charge in [0.2, 0.25) is 0 Å². The highest BCUT2D eigenvalue weighted by atomic mass is 16.2. The SMILES string of the molecule is O=C(NCc1ccccc1)NNC(=O)c1ccncc1. The van der Waals surface area contributed by atoms with Gasteiger partial charge in [-0.15, -0.1) is 0 Å². The molecule has 0 radical (unpaired) electrons. The van der Waals surface area contributed by atoms with Crippen LogP contribution >= 0.6 is 0 Å². The summed E-state index contributed by atoms with van der Waals surface area (Å²) in [5.41, 5.74) is 5.98. The van der Waals surface area contributed by atoms with Crippen LogP contribution in [0.4, 0.5) is 4.79 Å². The average Bonchev–Trinajstić information content (AvgIpc) is 2.52. The molecule has 2 rings (SSSR count). The summed E-state index contributed by atoms with van der Waals surface area (Å²) in [5.74, 6) is -0.401. The van der Waals surface area contributed by atoms with Crippen molar-refractivity contribution in [1.29, 1.82) is 0 Å². The lowest BCUT2D eigenvalue weighted by Gasteiger charge is -2.08. The van der Waals surface area contributed by atoms with Crippen molar-refractivity contribution in [1.82, 2.24) is 21.2 Å². The van der Waals surface area contributed by atoms with Gasteiger partial charge in [0.15, 0.2) is 0 Å². The van der Waals surface area contributed by atoms with Gasteiger partial charge in [-0.25, -0.2) is 10.2 Å². The standard InChI is InChI=1S/C14H14N4O2/c19-13(12-6-8-15-9-7-12)17-18-14(20)16-10-11-4-2-1-3-5-11/h1-9H,10H2,(H,17,19)(H2,16,18,20). The Bertz CT molecular complexity index is 572. The predicted octanol–water partition coefficient (Wildman–Crippen LogP) is 1.23. The molecule has 20 heavy (non-hydrogen) atoms. The van der Waals surface area contributed by atoms with Crippen molar-refractivity contribution in [2.75, 3.05) is 0 Å². The minimum atomic E-state index is -0.476. The molecular weight excluding hydrogens is 256 g/mol. The van der Waals surface area contributed by atoms with E-state index in [0.717, 1.165) is 5.56 Å². The highest BCUT2D eigenvalue weighted by Crippen LogP contribution is 1.97. The Balaban J connectivity index is 1.74. The average molecular weight is 270 g/mol. The molecule has 6 heteroatoms. The Hall–Kier alpha value is -2.89. The van der Waals surface area contributed by atoms with Crippen LogP contribution in [0.5, 0.6) is 0 Å². The maximum absolute atomic E-state index is 11.6. The lowest BCUT2D eigenvalue weighted by Crippen LogP contribution is -2.46. The molecule has 102 valence electrons. The van der Waals surface area contributed by atoms with Crippen LogP contribution in [0.15, 0.2) is 54.9 Å². The fourth-order valence-electron chi connectivity index (χ4n) is 1.51. The zero-order chi connectivity index (χ0) is 14.2. The van der Waals surface area contributed by atoms with E-state index in [1.54, 1.807) is 12.1 Å². The smallest absolute Gasteiger partial charge is 0.333 e. The van der Waals surface area contributed by atoms with Crippen molar-refractivity contribution in [3.8, 4) is 0 Å².